The second kappa shape index (κ2) is 8.92. The maximum absolute atomic E-state index is 12.6. The number of nitrogens with one attached hydrogen (secondary N) is 1. The molecule has 1 aromatic rings. The number of nitriles is 1. The lowest BCUT2D eigenvalue weighted by atomic mass is 9.89. The van der Waals surface area contributed by atoms with E-state index in [2.05, 4.69) is 23.5 Å². The van der Waals surface area contributed by atoms with Crippen LogP contribution >= 0.6 is 0 Å². The van der Waals surface area contributed by atoms with Crippen molar-refractivity contribution in [1.82, 2.24) is 10.2 Å². The number of benzene rings is 1. The Balaban J connectivity index is 1.62. The van der Waals surface area contributed by atoms with Crippen molar-refractivity contribution in [2.75, 3.05) is 13.1 Å². The summed E-state index contributed by atoms with van der Waals surface area (Å²) in [6.45, 7) is 3.18. The van der Waals surface area contributed by atoms with Crippen LogP contribution in [0.3, 0.4) is 0 Å². The summed E-state index contributed by atoms with van der Waals surface area (Å²) in [4.78, 5) is 25.8. The van der Waals surface area contributed by atoms with Gasteiger partial charge in [-0.3, -0.25) is 9.59 Å². The molecule has 2 amide bonds. The van der Waals surface area contributed by atoms with Gasteiger partial charge in [-0.05, 0) is 62.1 Å². The number of amides is 2. The van der Waals surface area contributed by atoms with Crippen molar-refractivity contribution in [3.8, 4) is 6.07 Å². The molecule has 1 aliphatic heterocycles. The summed E-state index contributed by atoms with van der Waals surface area (Å²) in [5.74, 6) is -0.765. The van der Waals surface area contributed by atoms with Crippen molar-refractivity contribution >= 4 is 11.8 Å². The molecule has 6 heteroatoms. The van der Waals surface area contributed by atoms with Gasteiger partial charge in [0.05, 0.1) is 6.04 Å². The number of carbonyl (C=O) groups excluding carboxylic acids is 2. The lowest BCUT2D eigenvalue weighted by Gasteiger charge is -2.29. The van der Waals surface area contributed by atoms with Gasteiger partial charge in [0.1, 0.15) is 11.6 Å². The fraction of sp³-hybridized carbons (Fsp3) is 0.500. The summed E-state index contributed by atoms with van der Waals surface area (Å²) < 4.78 is 0. The molecule has 6 nitrogen and oxygen atoms in total. The molecule has 1 heterocycles. The highest BCUT2D eigenvalue weighted by Crippen LogP contribution is 2.25. The quantitative estimate of drug-likeness (QED) is 0.605. The molecule has 1 unspecified atom stereocenters. The largest absolute Gasteiger partial charge is 0.376 e. The molecule has 3 rings (SSSR count). The van der Waals surface area contributed by atoms with Gasteiger partial charge in [0, 0.05) is 25.2 Å². The summed E-state index contributed by atoms with van der Waals surface area (Å²) in [5, 5.41) is 12.4. The molecule has 1 atom stereocenters. The maximum atomic E-state index is 12.6. The first kappa shape index (κ1) is 19.9. The summed E-state index contributed by atoms with van der Waals surface area (Å²) in [6, 6.07) is 8.25. The van der Waals surface area contributed by atoms with Crippen LogP contribution in [0.4, 0.5) is 0 Å². The molecule has 0 spiro atoms. The van der Waals surface area contributed by atoms with Crippen molar-refractivity contribution in [3.63, 3.8) is 0 Å². The van der Waals surface area contributed by atoms with E-state index >= 15 is 0 Å². The smallest absolute Gasteiger partial charge is 0.263 e. The Kier molecular flexibility index (Phi) is 6.35. The van der Waals surface area contributed by atoms with Crippen LogP contribution < -0.4 is 11.1 Å². The minimum atomic E-state index is -0.371. The molecule has 1 aromatic carbocycles. The van der Waals surface area contributed by atoms with Crippen LogP contribution in [-0.2, 0) is 22.4 Å². The van der Waals surface area contributed by atoms with Crippen molar-refractivity contribution < 1.29 is 9.59 Å². The van der Waals surface area contributed by atoms with E-state index in [0.29, 0.717) is 25.9 Å². The molecule has 3 N–H and O–H groups in total. The number of carbonyl (C=O) groups is 2. The predicted molar refractivity (Wildman–Crippen MR) is 107 cm³/mol. The van der Waals surface area contributed by atoms with Crippen LogP contribution in [0.5, 0.6) is 0 Å². The van der Waals surface area contributed by atoms with Gasteiger partial charge >= 0.3 is 0 Å². The number of nitrogens with zero attached hydrogens (tertiary/aromatic N) is 2. The normalized spacial score (nSPS) is 18.7. The van der Waals surface area contributed by atoms with Crippen LogP contribution in [0.15, 0.2) is 30.0 Å². The van der Waals surface area contributed by atoms with Crippen LogP contribution in [0, 0.1) is 17.2 Å². The number of hydrogen-bond donors (Lipinski definition) is 2. The highest BCUT2D eigenvalue weighted by molar-refractivity contribution is 5.97. The van der Waals surface area contributed by atoms with E-state index < -0.39 is 0 Å². The molecule has 2 aliphatic rings. The second-order valence-corrected chi connectivity index (χ2v) is 7.80. The molecule has 0 bridgehead atoms. The van der Waals surface area contributed by atoms with E-state index in [-0.39, 0.29) is 29.3 Å². The lowest BCUT2D eigenvalue weighted by Crippen LogP contribution is -2.37. The minimum Gasteiger partial charge on any atom is -0.376 e. The number of hydrogen-bond acceptors (Lipinski definition) is 4. The third kappa shape index (κ3) is 4.72. The summed E-state index contributed by atoms with van der Waals surface area (Å²) in [7, 11) is 0. The van der Waals surface area contributed by atoms with Gasteiger partial charge in [0.2, 0.25) is 5.91 Å². The molecule has 0 saturated carbocycles. The number of aryl methyl sites for hydroxylation is 2. The third-order valence-electron chi connectivity index (χ3n) is 5.83. The van der Waals surface area contributed by atoms with E-state index in [1.807, 2.05) is 17.9 Å². The van der Waals surface area contributed by atoms with E-state index in [0.717, 1.165) is 18.4 Å². The summed E-state index contributed by atoms with van der Waals surface area (Å²) in [6.07, 6.45) is 7.58. The Hall–Kier alpha value is -2.81. The van der Waals surface area contributed by atoms with Gasteiger partial charge in [0.25, 0.3) is 5.91 Å². The van der Waals surface area contributed by atoms with Crippen molar-refractivity contribution in [2.24, 2.45) is 11.7 Å². The fourth-order valence-corrected chi connectivity index (χ4v) is 4.01. The Morgan fingerprint density at radius 2 is 1.93 bits per heavy atom. The van der Waals surface area contributed by atoms with Crippen LogP contribution in [-0.4, -0.2) is 29.8 Å². The average Bonchev–Trinajstić information content (AvgIpc) is 2.71. The molecule has 1 aliphatic carbocycles. The highest BCUT2D eigenvalue weighted by atomic mass is 16.2. The van der Waals surface area contributed by atoms with Crippen LogP contribution in [0.1, 0.15) is 55.3 Å². The Bertz CT molecular complexity index is 816. The van der Waals surface area contributed by atoms with Crippen molar-refractivity contribution in [2.45, 2.75) is 51.5 Å². The average molecular weight is 380 g/mol. The van der Waals surface area contributed by atoms with E-state index in [1.165, 1.54) is 24.0 Å². The minimum absolute atomic E-state index is 0.0855. The monoisotopic (exact) mass is 380 g/mol. The van der Waals surface area contributed by atoms with Gasteiger partial charge in [-0.1, -0.05) is 18.2 Å². The lowest BCUT2D eigenvalue weighted by molar-refractivity contribution is -0.123. The first-order valence-corrected chi connectivity index (χ1v) is 10.1. The number of likely N-dealkylation sites (tertiary alicyclic amines) is 1. The molecule has 148 valence electrons. The zero-order valence-corrected chi connectivity index (χ0v) is 16.4. The Labute approximate surface area is 166 Å². The number of piperidine rings is 1. The zero-order chi connectivity index (χ0) is 20.1. The van der Waals surface area contributed by atoms with Gasteiger partial charge < -0.3 is 16.0 Å². The van der Waals surface area contributed by atoms with Gasteiger partial charge in [-0.15, -0.1) is 0 Å². The molecule has 28 heavy (non-hydrogen) atoms. The topological polar surface area (TPSA) is 99.2 Å². The number of fused-ring (bicyclic) bond motifs is 1. The van der Waals surface area contributed by atoms with E-state index in [9.17, 15) is 14.9 Å². The Morgan fingerprint density at radius 3 is 2.57 bits per heavy atom. The summed E-state index contributed by atoms with van der Waals surface area (Å²) in [5.41, 5.74) is 9.28. The van der Waals surface area contributed by atoms with Gasteiger partial charge in [0.15, 0.2) is 0 Å². The van der Waals surface area contributed by atoms with E-state index in [4.69, 9.17) is 5.73 Å². The number of rotatable bonds is 5. The van der Waals surface area contributed by atoms with Crippen LogP contribution in [0.2, 0.25) is 0 Å². The zero-order valence-electron chi connectivity index (χ0n) is 16.4. The molecular formula is C22H28N4O2. The maximum Gasteiger partial charge on any atom is 0.263 e. The summed E-state index contributed by atoms with van der Waals surface area (Å²) >= 11 is 0. The second-order valence-electron chi connectivity index (χ2n) is 7.80. The van der Waals surface area contributed by atoms with E-state index in [1.54, 1.807) is 6.20 Å². The molecule has 1 saturated heterocycles. The fourth-order valence-electron chi connectivity index (χ4n) is 4.01. The highest BCUT2D eigenvalue weighted by Gasteiger charge is 2.23. The van der Waals surface area contributed by atoms with Gasteiger partial charge in [-0.2, -0.15) is 5.26 Å². The standard InChI is InChI=1S/C22H28N4O2/c1-15(18-7-6-16-4-2-3-5-19(16)12-18)25-22(28)20(13-23)14-26-10-8-17(9-11-26)21(24)27/h6-7,12,14-15,17H,2-5,8-11H2,1H3,(H2,24,27)(H,25,28)/b20-14-. The molecule has 1 fully saturated rings. The molecule has 0 radical (unpaired) electrons. The third-order valence-corrected chi connectivity index (χ3v) is 5.83. The molecular weight excluding hydrogens is 352 g/mol. The Morgan fingerprint density at radius 1 is 1.25 bits per heavy atom. The first-order valence-electron chi connectivity index (χ1n) is 10.1. The van der Waals surface area contributed by atoms with Crippen molar-refractivity contribution in [1.29, 1.82) is 5.26 Å². The molecule has 0 aromatic heterocycles. The van der Waals surface area contributed by atoms with Crippen LogP contribution in [0.25, 0.3) is 0 Å². The van der Waals surface area contributed by atoms with Gasteiger partial charge in [-0.25, -0.2) is 0 Å². The predicted octanol–water partition coefficient (Wildman–Crippen LogP) is 2.35. The van der Waals surface area contributed by atoms with Crippen molar-refractivity contribution in [3.05, 3.63) is 46.7 Å². The first-order chi connectivity index (χ1) is 13.5. The number of nitrogens with two attached hydrogens (primary N) is 1. The SMILES string of the molecule is CC(NC(=O)/C(C#N)=C\N1CCC(C(N)=O)CC1)c1ccc2c(c1)CCCC2. The number of primary amides is 1.